The first-order valence-electron chi connectivity index (χ1n) is 8.07. The monoisotopic (exact) mass is 310 g/mol. The Labute approximate surface area is 141 Å². The number of nitrogens with zero attached hydrogens (tertiary/aromatic N) is 2. The third-order valence-electron chi connectivity index (χ3n) is 4.28. The zero-order valence-electron chi connectivity index (χ0n) is 13.6. The Morgan fingerprint density at radius 2 is 1.62 bits per heavy atom. The first kappa shape index (κ1) is 14.5. The van der Waals surface area contributed by atoms with Crippen molar-refractivity contribution in [3.63, 3.8) is 0 Å². The molecule has 0 aliphatic heterocycles. The van der Waals surface area contributed by atoms with E-state index in [-0.39, 0.29) is 0 Å². The molecular weight excluding hydrogens is 292 g/mol. The number of fused-ring (bicyclic) bond motifs is 1. The van der Waals surface area contributed by atoms with E-state index in [1.54, 1.807) is 0 Å². The minimum Gasteiger partial charge on any atom is -0.324 e. The van der Waals surface area contributed by atoms with Gasteiger partial charge in [-0.25, -0.2) is 0 Å². The summed E-state index contributed by atoms with van der Waals surface area (Å²) in [4.78, 5) is 4.42. The SMILES string of the molecule is Cc1cc(-n2cccc2)ccc1/C=C/c1ccnc2ccccc12. The highest BCUT2D eigenvalue weighted by molar-refractivity contribution is 5.90. The maximum Gasteiger partial charge on any atom is 0.0707 e. The zero-order chi connectivity index (χ0) is 16.4. The molecule has 0 aliphatic rings. The van der Waals surface area contributed by atoms with Gasteiger partial charge in [-0.15, -0.1) is 0 Å². The van der Waals surface area contributed by atoms with Crippen molar-refractivity contribution in [3.05, 3.63) is 95.9 Å². The Kier molecular flexibility index (Phi) is 3.72. The van der Waals surface area contributed by atoms with Gasteiger partial charge in [-0.3, -0.25) is 4.98 Å². The predicted octanol–water partition coefficient (Wildman–Crippen LogP) is 5.50. The molecule has 24 heavy (non-hydrogen) atoms. The van der Waals surface area contributed by atoms with Gasteiger partial charge >= 0.3 is 0 Å². The number of aryl methyl sites for hydroxylation is 1. The van der Waals surface area contributed by atoms with Gasteiger partial charge in [0.25, 0.3) is 0 Å². The highest BCUT2D eigenvalue weighted by Gasteiger charge is 2.01. The van der Waals surface area contributed by atoms with Gasteiger partial charge in [-0.05, 0) is 60.0 Å². The minimum absolute atomic E-state index is 1.03. The number of rotatable bonds is 3. The molecule has 2 heteroatoms. The van der Waals surface area contributed by atoms with E-state index < -0.39 is 0 Å². The molecule has 2 heterocycles. The molecule has 0 radical (unpaired) electrons. The Bertz CT molecular complexity index is 1010. The van der Waals surface area contributed by atoms with Crippen molar-refractivity contribution in [1.29, 1.82) is 0 Å². The van der Waals surface area contributed by atoms with Gasteiger partial charge in [0.05, 0.1) is 5.52 Å². The molecule has 0 saturated carbocycles. The smallest absolute Gasteiger partial charge is 0.0707 e. The van der Waals surface area contributed by atoms with Crippen LogP contribution in [0.15, 0.2) is 79.3 Å². The molecular formula is C22H18N2. The van der Waals surface area contributed by atoms with E-state index in [2.05, 4.69) is 77.4 Å². The molecule has 0 unspecified atom stereocenters. The molecule has 0 N–H and O–H groups in total. The molecule has 0 bridgehead atoms. The van der Waals surface area contributed by atoms with Gasteiger partial charge < -0.3 is 4.57 Å². The van der Waals surface area contributed by atoms with E-state index in [0.717, 1.165) is 5.52 Å². The summed E-state index contributed by atoms with van der Waals surface area (Å²) >= 11 is 0. The van der Waals surface area contributed by atoms with E-state index in [4.69, 9.17) is 0 Å². The van der Waals surface area contributed by atoms with Gasteiger partial charge in [0.2, 0.25) is 0 Å². The largest absolute Gasteiger partial charge is 0.324 e. The van der Waals surface area contributed by atoms with E-state index in [1.807, 2.05) is 30.5 Å². The number of pyridine rings is 1. The zero-order valence-corrected chi connectivity index (χ0v) is 13.6. The fourth-order valence-corrected chi connectivity index (χ4v) is 2.96. The van der Waals surface area contributed by atoms with E-state index >= 15 is 0 Å². The molecule has 2 aromatic carbocycles. The Morgan fingerprint density at radius 3 is 2.46 bits per heavy atom. The predicted molar refractivity (Wildman–Crippen MR) is 101 cm³/mol. The van der Waals surface area contributed by atoms with Crippen LogP contribution in [-0.4, -0.2) is 9.55 Å². The maximum atomic E-state index is 4.42. The van der Waals surface area contributed by atoms with E-state index in [1.165, 1.54) is 27.8 Å². The van der Waals surface area contributed by atoms with Crippen LogP contribution in [0, 0.1) is 6.92 Å². The summed E-state index contributed by atoms with van der Waals surface area (Å²) in [7, 11) is 0. The highest BCUT2D eigenvalue weighted by Crippen LogP contribution is 2.21. The third kappa shape index (κ3) is 2.74. The lowest BCUT2D eigenvalue weighted by atomic mass is 10.0. The standard InChI is InChI=1S/C22H18N2/c1-17-16-20(24-14-4-5-15-24)11-10-18(17)8-9-19-12-13-23-22-7-3-2-6-21(19)22/h2-16H,1H3/b9-8+. The highest BCUT2D eigenvalue weighted by atomic mass is 14.9. The second-order valence-electron chi connectivity index (χ2n) is 5.88. The third-order valence-corrected chi connectivity index (χ3v) is 4.28. The summed E-state index contributed by atoms with van der Waals surface area (Å²) < 4.78 is 2.12. The summed E-state index contributed by atoms with van der Waals surface area (Å²) in [5.74, 6) is 0. The van der Waals surface area contributed by atoms with Crippen molar-refractivity contribution in [2.45, 2.75) is 6.92 Å². The lowest BCUT2D eigenvalue weighted by Gasteiger charge is -2.07. The van der Waals surface area contributed by atoms with Crippen molar-refractivity contribution in [3.8, 4) is 5.69 Å². The molecule has 116 valence electrons. The first-order valence-corrected chi connectivity index (χ1v) is 8.07. The fraction of sp³-hybridized carbons (Fsp3) is 0.0455. The van der Waals surface area contributed by atoms with Crippen molar-refractivity contribution >= 4 is 23.1 Å². The molecule has 4 aromatic rings. The van der Waals surface area contributed by atoms with E-state index in [9.17, 15) is 0 Å². The summed E-state index contributed by atoms with van der Waals surface area (Å²) in [6.45, 7) is 2.15. The number of benzene rings is 2. The normalized spacial score (nSPS) is 11.4. The van der Waals surface area contributed by atoms with Crippen LogP contribution in [0.2, 0.25) is 0 Å². The molecule has 0 aliphatic carbocycles. The topological polar surface area (TPSA) is 17.8 Å². The maximum absolute atomic E-state index is 4.42. The number of hydrogen-bond acceptors (Lipinski definition) is 1. The minimum atomic E-state index is 1.03. The van der Waals surface area contributed by atoms with Crippen LogP contribution in [0.1, 0.15) is 16.7 Å². The summed E-state index contributed by atoms with van der Waals surface area (Å²) in [6.07, 6.45) is 10.3. The Hall–Kier alpha value is -3.13. The first-order chi connectivity index (χ1) is 11.8. The molecule has 2 aromatic heterocycles. The van der Waals surface area contributed by atoms with Crippen LogP contribution in [0.5, 0.6) is 0 Å². The van der Waals surface area contributed by atoms with Gasteiger partial charge in [-0.1, -0.05) is 36.4 Å². The van der Waals surface area contributed by atoms with Gasteiger partial charge in [0, 0.05) is 29.7 Å². The van der Waals surface area contributed by atoms with Crippen LogP contribution < -0.4 is 0 Å². The van der Waals surface area contributed by atoms with Crippen molar-refractivity contribution in [2.75, 3.05) is 0 Å². The quantitative estimate of drug-likeness (QED) is 0.488. The molecule has 2 nitrogen and oxygen atoms in total. The van der Waals surface area contributed by atoms with Crippen LogP contribution in [0.3, 0.4) is 0 Å². The molecule has 0 saturated heterocycles. The molecule has 0 fully saturated rings. The molecule has 0 spiro atoms. The lowest BCUT2D eigenvalue weighted by Crippen LogP contribution is -1.91. The molecule has 0 amide bonds. The fourth-order valence-electron chi connectivity index (χ4n) is 2.96. The molecule has 4 rings (SSSR count). The van der Waals surface area contributed by atoms with Crippen molar-refractivity contribution in [1.82, 2.24) is 9.55 Å². The van der Waals surface area contributed by atoms with Crippen LogP contribution in [0.4, 0.5) is 0 Å². The van der Waals surface area contributed by atoms with Crippen molar-refractivity contribution < 1.29 is 0 Å². The van der Waals surface area contributed by atoms with Gasteiger partial charge in [-0.2, -0.15) is 0 Å². The molecule has 0 atom stereocenters. The summed E-state index contributed by atoms with van der Waals surface area (Å²) in [5.41, 5.74) is 5.89. The van der Waals surface area contributed by atoms with Gasteiger partial charge in [0.1, 0.15) is 0 Å². The number of hydrogen-bond donors (Lipinski definition) is 0. The Morgan fingerprint density at radius 1 is 0.833 bits per heavy atom. The van der Waals surface area contributed by atoms with Crippen LogP contribution in [-0.2, 0) is 0 Å². The van der Waals surface area contributed by atoms with E-state index in [0.29, 0.717) is 0 Å². The second-order valence-corrected chi connectivity index (χ2v) is 5.88. The average Bonchev–Trinajstić information content (AvgIpc) is 3.15. The van der Waals surface area contributed by atoms with Crippen molar-refractivity contribution in [2.24, 2.45) is 0 Å². The average molecular weight is 310 g/mol. The van der Waals surface area contributed by atoms with Crippen LogP contribution >= 0.6 is 0 Å². The number of para-hydroxylation sites is 1. The second kappa shape index (κ2) is 6.17. The number of aromatic nitrogens is 2. The lowest BCUT2D eigenvalue weighted by molar-refractivity contribution is 1.07. The summed E-state index contributed by atoms with van der Waals surface area (Å²) in [5, 5.41) is 1.18. The van der Waals surface area contributed by atoms with Gasteiger partial charge in [0.15, 0.2) is 0 Å². The van der Waals surface area contributed by atoms with Crippen LogP contribution in [0.25, 0.3) is 28.7 Å². The Balaban J connectivity index is 1.68. The summed E-state index contributed by atoms with van der Waals surface area (Å²) in [6, 6.07) is 20.9.